The molecule has 29 heavy (non-hydrogen) atoms. The van der Waals surface area contributed by atoms with E-state index in [1.54, 1.807) is 17.0 Å². The number of methoxy groups -OCH3 is 1. The van der Waals surface area contributed by atoms with Gasteiger partial charge in [-0.05, 0) is 44.0 Å². The van der Waals surface area contributed by atoms with Crippen molar-refractivity contribution in [2.45, 2.75) is 36.7 Å². The zero-order valence-electron chi connectivity index (χ0n) is 17.0. The molecule has 1 aliphatic heterocycles. The van der Waals surface area contributed by atoms with Crippen LogP contribution < -0.4 is 5.32 Å². The second kappa shape index (κ2) is 9.23. The Labute approximate surface area is 172 Å². The molecule has 9 heteroatoms. The fraction of sp³-hybridized carbons (Fsp3) is 0.600. The van der Waals surface area contributed by atoms with Crippen LogP contribution in [0.1, 0.15) is 30.1 Å². The number of nitrogens with one attached hydrogen (secondary N) is 1. The Bertz CT molecular complexity index is 828. The Hall–Kier alpha value is -1.97. The number of carbonyl (C=O) groups excluding carboxylic acids is 2. The molecule has 1 aliphatic carbocycles. The van der Waals surface area contributed by atoms with Gasteiger partial charge in [0, 0.05) is 44.9 Å². The zero-order chi connectivity index (χ0) is 21.0. The van der Waals surface area contributed by atoms with Crippen molar-refractivity contribution in [3.05, 3.63) is 29.8 Å². The van der Waals surface area contributed by atoms with E-state index < -0.39 is 9.84 Å². The van der Waals surface area contributed by atoms with Gasteiger partial charge >= 0.3 is 0 Å². The topological polar surface area (TPSA) is 96.0 Å². The Morgan fingerprint density at radius 3 is 2.31 bits per heavy atom. The predicted molar refractivity (Wildman–Crippen MR) is 108 cm³/mol. The lowest BCUT2D eigenvalue weighted by molar-refractivity contribution is -0.126. The number of nitrogens with zero attached hydrogens (tertiary/aromatic N) is 2. The lowest BCUT2D eigenvalue weighted by Crippen LogP contribution is -2.55. The average Bonchev–Trinajstić information content (AvgIpc) is 3.55. The maximum absolute atomic E-state index is 12.8. The average molecular weight is 424 g/mol. The molecule has 2 aliphatic rings. The van der Waals surface area contributed by atoms with Crippen molar-refractivity contribution in [3.8, 4) is 0 Å². The summed E-state index contributed by atoms with van der Waals surface area (Å²) in [6.07, 6.45) is 2.13. The van der Waals surface area contributed by atoms with E-state index in [0.717, 1.165) is 12.8 Å². The molecule has 0 aromatic heterocycles. The van der Waals surface area contributed by atoms with Gasteiger partial charge in [0.25, 0.3) is 5.91 Å². The predicted octanol–water partition coefficient (Wildman–Crippen LogP) is 0.532. The second-order valence-corrected chi connectivity index (χ2v) is 9.73. The third-order valence-corrected chi connectivity index (χ3v) is 7.16. The Morgan fingerprint density at radius 2 is 1.76 bits per heavy atom. The molecular weight excluding hydrogens is 394 g/mol. The number of rotatable bonds is 8. The van der Waals surface area contributed by atoms with E-state index in [4.69, 9.17) is 4.74 Å². The van der Waals surface area contributed by atoms with Gasteiger partial charge in [-0.15, -0.1) is 0 Å². The van der Waals surface area contributed by atoms with Gasteiger partial charge in [0.2, 0.25) is 5.91 Å². The van der Waals surface area contributed by atoms with Crippen molar-refractivity contribution in [1.29, 1.82) is 0 Å². The molecule has 1 atom stereocenters. The molecule has 1 N–H and O–H groups in total. The van der Waals surface area contributed by atoms with Crippen molar-refractivity contribution < 1.29 is 22.7 Å². The third-order valence-electron chi connectivity index (χ3n) is 5.47. The van der Waals surface area contributed by atoms with Crippen LogP contribution in [0.5, 0.6) is 0 Å². The van der Waals surface area contributed by atoms with Crippen LogP contribution >= 0.6 is 0 Å². The SMILES string of the molecule is COCCS(=O)(=O)c1ccc(C(=O)N2CCN(C(C)C(=O)NC3CC3)CC2)cc1. The van der Waals surface area contributed by atoms with Gasteiger partial charge in [-0.3, -0.25) is 14.5 Å². The van der Waals surface area contributed by atoms with E-state index in [9.17, 15) is 18.0 Å². The number of sulfone groups is 1. The number of hydrogen-bond acceptors (Lipinski definition) is 6. The number of hydrogen-bond donors (Lipinski definition) is 1. The fourth-order valence-corrected chi connectivity index (χ4v) is 4.50. The summed E-state index contributed by atoms with van der Waals surface area (Å²) in [5.41, 5.74) is 0.462. The summed E-state index contributed by atoms with van der Waals surface area (Å²) in [4.78, 5) is 29.0. The molecule has 1 aromatic rings. The molecule has 1 aromatic carbocycles. The Balaban J connectivity index is 1.54. The van der Waals surface area contributed by atoms with Gasteiger partial charge < -0.3 is 15.0 Å². The summed E-state index contributed by atoms with van der Waals surface area (Å²) < 4.78 is 29.2. The smallest absolute Gasteiger partial charge is 0.253 e. The van der Waals surface area contributed by atoms with E-state index in [-0.39, 0.29) is 35.1 Å². The maximum atomic E-state index is 12.8. The first-order valence-electron chi connectivity index (χ1n) is 9.97. The minimum atomic E-state index is -3.41. The highest BCUT2D eigenvalue weighted by atomic mass is 32.2. The summed E-state index contributed by atoms with van der Waals surface area (Å²) in [5.74, 6) is -0.163. The van der Waals surface area contributed by atoms with Gasteiger partial charge in [0.15, 0.2) is 9.84 Å². The molecule has 2 fully saturated rings. The highest BCUT2D eigenvalue weighted by Gasteiger charge is 2.31. The first-order chi connectivity index (χ1) is 13.8. The number of benzene rings is 1. The second-order valence-electron chi connectivity index (χ2n) is 7.62. The summed E-state index contributed by atoms with van der Waals surface area (Å²) in [6.45, 7) is 4.37. The summed E-state index contributed by atoms with van der Waals surface area (Å²) in [5, 5.41) is 3.02. The molecule has 3 rings (SSSR count). The number of ether oxygens (including phenoxy) is 1. The van der Waals surface area contributed by atoms with Gasteiger partial charge in [-0.25, -0.2) is 8.42 Å². The monoisotopic (exact) mass is 423 g/mol. The Kier molecular flexibility index (Phi) is 6.92. The van der Waals surface area contributed by atoms with E-state index in [1.165, 1.54) is 19.2 Å². The maximum Gasteiger partial charge on any atom is 0.253 e. The molecule has 0 radical (unpaired) electrons. The lowest BCUT2D eigenvalue weighted by atomic mass is 10.1. The molecule has 8 nitrogen and oxygen atoms in total. The number of carbonyl (C=O) groups is 2. The van der Waals surface area contributed by atoms with Crippen LogP contribution in [0.4, 0.5) is 0 Å². The fourth-order valence-electron chi connectivity index (χ4n) is 3.33. The van der Waals surface area contributed by atoms with Gasteiger partial charge in [0.1, 0.15) is 0 Å². The van der Waals surface area contributed by atoms with E-state index in [2.05, 4.69) is 10.2 Å². The largest absolute Gasteiger partial charge is 0.384 e. The molecule has 1 saturated carbocycles. The molecule has 0 bridgehead atoms. The molecule has 0 spiro atoms. The summed E-state index contributed by atoms with van der Waals surface area (Å²) in [7, 11) is -1.96. The standard InChI is InChI=1S/C20H29N3O5S/c1-15(19(24)21-17-5-6-17)22-9-11-23(12-10-22)20(25)16-3-7-18(8-4-16)29(26,27)14-13-28-2/h3-4,7-8,15,17H,5-6,9-14H2,1-2H3,(H,21,24). The van der Waals surface area contributed by atoms with E-state index in [0.29, 0.717) is 37.8 Å². The van der Waals surface area contributed by atoms with Crippen molar-refractivity contribution in [1.82, 2.24) is 15.1 Å². The number of piperazine rings is 1. The molecule has 1 saturated heterocycles. The van der Waals surface area contributed by atoms with Crippen LogP contribution in [0.25, 0.3) is 0 Å². The molecule has 1 heterocycles. The van der Waals surface area contributed by atoms with Crippen molar-refractivity contribution in [2.24, 2.45) is 0 Å². The Morgan fingerprint density at radius 1 is 1.14 bits per heavy atom. The lowest BCUT2D eigenvalue weighted by Gasteiger charge is -2.37. The minimum Gasteiger partial charge on any atom is -0.384 e. The molecule has 160 valence electrons. The summed E-state index contributed by atoms with van der Waals surface area (Å²) >= 11 is 0. The van der Waals surface area contributed by atoms with Crippen LogP contribution in [0.2, 0.25) is 0 Å². The molecule has 2 amide bonds. The summed E-state index contributed by atoms with van der Waals surface area (Å²) in [6, 6.07) is 6.19. The van der Waals surface area contributed by atoms with Crippen molar-refractivity contribution in [3.63, 3.8) is 0 Å². The van der Waals surface area contributed by atoms with E-state index in [1.807, 2.05) is 6.92 Å². The van der Waals surface area contributed by atoms with Gasteiger partial charge in [-0.2, -0.15) is 0 Å². The van der Waals surface area contributed by atoms with Crippen LogP contribution in [0.3, 0.4) is 0 Å². The zero-order valence-corrected chi connectivity index (χ0v) is 17.8. The highest BCUT2D eigenvalue weighted by molar-refractivity contribution is 7.91. The van der Waals surface area contributed by atoms with Crippen LogP contribution in [-0.2, 0) is 19.4 Å². The van der Waals surface area contributed by atoms with Crippen LogP contribution in [-0.4, -0.2) is 87.8 Å². The van der Waals surface area contributed by atoms with Crippen LogP contribution in [0, 0.1) is 0 Å². The minimum absolute atomic E-state index is 0.0533. The first-order valence-corrected chi connectivity index (χ1v) is 11.6. The van der Waals surface area contributed by atoms with E-state index >= 15 is 0 Å². The number of amides is 2. The normalized spacial score (nSPS) is 19.0. The third kappa shape index (κ3) is 5.55. The molecular formula is C20H29N3O5S. The van der Waals surface area contributed by atoms with Crippen molar-refractivity contribution in [2.75, 3.05) is 45.6 Å². The highest BCUT2D eigenvalue weighted by Crippen LogP contribution is 2.20. The molecule has 1 unspecified atom stereocenters. The van der Waals surface area contributed by atoms with Crippen molar-refractivity contribution >= 4 is 21.7 Å². The van der Waals surface area contributed by atoms with Gasteiger partial charge in [0.05, 0.1) is 23.3 Å². The first kappa shape index (κ1) is 21.7. The van der Waals surface area contributed by atoms with Crippen LogP contribution in [0.15, 0.2) is 29.2 Å². The van der Waals surface area contributed by atoms with Gasteiger partial charge in [-0.1, -0.05) is 0 Å². The quantitative estimate of drug-likeness (QED) is 0.655.